The van der Waals surface area contributed by atoms with Gasteiger partial charge in [0.2, 0.25) is 0 Å². The molecule has 2 heterocycles. The number of hydrogen-bond donors (Lipinski definition) is 1. The molecule has 3 rings (SSSR count). The Bertz CT molecular complexity index is 889. The van der Waals surface area contributed by atoms with E-state index >= 15 is 0 Å². The van der Waals surface area contributed by atoms with Gasteiger partial charge in [0.15, 0.2) is 17.7 Å². The third-order valence-corrected chi connectivity index (χ3v) is 3.23. The van der Waals surface area contributed by atoms with Crippen LogP contribution in [0, 0.1) is 11.6 Å². The molecule has 24 heavy (non-hydrogen) atoms. The molecular formula is C16H10F4N2O2. The van der Waals surface area contributed by atoms with E-state index in [4.69, 9.17) is 4.74 Å². The minimum absolute atomic E-state index is 0.164. The number of pyridine rings is 2. The van der Waals surface area contributed by atoms with Crippen LogP contribution in [-0.2, 0) is 0 Å². The molecule has 0 bridgehead atoms. The molecule has 0 aliphatic heterocycles. The monoisotopic (exact) mass is 338 g/mol. The maximum absolute atomic E-state index is 13.6. The fraction of sp³-hybridized carbons (Fsp3) is 0.125. The minimum atomic E-state index is -2.96. The van der Waals surface area contributed by atoms with Gasteiger partial charge in [-0.25, -0.2) is 17.6 Å². The maximum Gasteiger partial charge on any atom is 0.269 e. The van der Waals surface area contributed by atoms with E-state index in [2.05, 4.69) is 9.97 Å². The highest BCUT2D eigenvalue weighted by Gasteiger charge is 2.21. The van der Waals surface area contributed by atoms with Crippen LogP contribution in [0.1, 0.15) is 11.8 Å². The lowest BCUT2D eigenvalue weighted by Crippen LogP contribution is -2.09. The van der Waals surface area contributed by atoms with E-state index < -0.39 is 24.2 Å². The zero-order chi connectivity index (χ0) is 17.3. The zero-order valence-electron chi connectivity index (χ0n) is 12.0. The topological polar surface area (TPSA) is 55.2 Å². The van der Waals surface area contributed by atoms with Crippen molar-refractivity contribution in [2.45, 2.75) is 12.5 Å². The van der Waals surface area contributed by atoms with Crippen LogP contribution in [0.25, 0.3) is 10.9 Å². The lowest BCUT2D eigenvalue weighted by Gasteiger charge is -2.10. The Hall–Kier alpha value is -2.74. The number of halogens is 4. The summed E-state index contributed by atoms with van der Waals surface area (Å²) in [6, 6.07) is 5.57. The van der Waals surface area contributed by atoms with E-state index in [1.807, 2.05) is 0 Å². The Morgan fingerprint density at radius 1 is 1.00 bits per heavy atom. The van der Waals surface area contributed by atoms with Crippen LogP contribution in [0.4, 0.5) is 17.6 Å². The molecule has 4 nitrogen and oxygen atoms in total. The Labute approximate surface area is 133 Å². The highest BCUT2D eigenvalue weighted by molar-refractivity contribution is 5.79. The fourth-order valence-corrected chi connectivity index (χ4v) is 2.05. The van der Waals surface area contributed by atoms with Crippen molar-refractivity contribution in [3.8, 4) is 11.5 Å². The van der Waals surface area contributed by atoms with Crippen molar-refractivity contribution >= 4 is 10.9 Å². The summed E-state index contributed by atoms with van der Waals surface area (Å²) < 4.78 is 56.7. The molecule has 1 atom stereocenters. The number of rotatable bonds is 4. The Balaban J connectivity index is 1.90. The quantitative estimate of drug-likeness (QED) is 0.731. The van der Waals surface area contributed by atoms with Gasteiger partial charge in [-0.3, -0.25) is 9.97 Å². The number of nitrogens with zero attached hydrogens (tertiary/aromatic N) is 2. The van der Waals surface area contributed by atoms with Gasteiger partial charge < -0.3 is 9.84 Å². The average Bonchev–Trinajstić information content (AvgIpc) is 2.56. The molecule has 0 amide bonds. The molecule has 8 heteroatoms. The molecule has 0 saturated carbocycles. The molecule has 1 aromatic carbocycles. The van der Waals surface area contributed by atoms with Gasteiger partial charge in [0.05, 0.1) is 17.4 Å². The molecule has 0 radical (unpaired) electrons. The summed E-state index contributed by atoms with van der Waals surface area (Å²) in [7, 11) is 0. The van der Waals surface area contributed by atoms with Crippen molar-refractivity contribution in [3.05, 3.63) is 60.1 Å². The van der Waals surface area contributed by atoms with E-state index in [1.54, 1.807) is 0 Å². The summed E-state index contributed by atoms with van der Waals surface area (Å²) in [6.45, 7) is 0. The summed E-state index contributed by atoms with van der Waals surface area (Å²) >= 11 is 0. The second-order valence-electron chi connectivity index (χ2n) is 4.93. The second kappa shape index (κ2) is 6.40. The number of hydrogen-bond acceptors (Lipinski definition) is 4. The third-order valence-electron chi connectivity index (χ3n) is 3.23. The molecule has 0 aliphatic rings. The lowest BCUT2D eigenvalue weighted by atomic mass is 10.2. The number of ether oxygens (including phenoxy) is 1. The number of alkyl halides is 2. The summed E-state index contributed by atoms with van der Waals surface area (Å²) in [5.74, 6) is -1.62. The number of benzene rings is 1. The molecule has 2 aromatic heterocycles. The predicted molar refractivity (Wildman–Crippen MR) is 76.9 cm³/mol. The van der Waals surface area contributed by atoms with Crippen molar-refractivity contribution in [3.63, 3.8) is 0 Å². The van der Waals surface area contributed by atoms with Crippen molar-refractivity contribution in [2.24, 2.45) is 0 Å². The second-order valence-corrected chi connectivity index (χ2v) is 4.93. The summed E-state index contributed by atoms with van der Waals surface area (Å²) in [5, 5.41) is 9.77. The Morgan fingerprint density at radius 3 is 2.50 bits per heavy atom. The first-order chi connectivity index (χ1) is 11.4. The number of aromatic nitrogens is 2. The first-order valence-electron chi connectivity index (χ1n) is 6.79. The first kappa shape index (κ1) is 16.1. The SMILES string of the molecule is OC(c1cc2ncc(Oc3ccc(F)cc3F)cc2cn1)C(F)F. The molecule has 0 saturated heterocycles. The largest absolute Gasteiger partial charge is 0.453 e. The molecule has 1 unspecified atom stereocenters. The Kier molecular flexibility index (Phi) is 4.30. The maximum atomic E-state index is 13.6. The van der Waals surface area contributed by atoms with Gasteiger partial charge in [0.1, 0.15) is 11.6 Å². The van der Waals surface area contributed by atoms with Gasteiger partial charge in [0.25, 0.3) is 6.43 Å². The molecule has 0 aliphatic carbocycles. The highest BCUT2D eigenvalue weighted by atomic mass is 19.3. The number of aliphatic hydroxyl groups is 1. The van der Waals surface area contributed by atoms with Gasteiger partial charge in [-0.1, -0.05) is 0 Å². The van der Waals surface area contributed by atoms with Gasteiger partial charge >= 0.3 is 0 Å². The molecule has 3 aromatic rings. The molecular weight excluding hydrogens is 328 g/mol. The van der Waals surface area contributed by atoms with Crippen molar-refractivity contribution in [1.82, 2.24) is 9.97 Å². The predicted octanol–water partition coefficient (Wildman–Crippen LogP) is 4.00. The van der Waals surface area contributed by atoms with Crippen molar-refractivity contribution in [1.29, 1.82) is 0 Å². The summed E-state index contributed by atoms with van der Waals surface area (Å²) in [4.78, 5) is 7.77. The van der Waals surface area contributed by atoms with Crippen molar-refractivity contribution in [2.75, 3.05) is 0 Å². The van der Waals surface area contributed by atoms with Crippen LogP contribution in [0.15, 0.2) is 42.7 Å². The van der Waals surface area contributed by atoms with Crippen LogP contribution in [0.5, 0.6) is 11.5 Å². The minimum Gasteiger partial charge on any atom is -0.453 e. The Morgan fingerprint density at radius 2 is 1.79 bits per heavy atom. The smallest absolute Gasteiger partial charge is 0.269 e. The van der Waals surface area contributed by atoms with Crippen LogP contribution in [-0.4, -0.2) is 21.5 Å². The normalized spacial score (nSPS) is 12.6. The van der Waals surface area contributed by atoms with E-state index in [1.165, 1.54) is 24.5 Å². The van der Waals surface area contributed by atoms with Crippen LogP contribution in [0.2, 0.25) is 0 Å². The van der Waals surface area contributed by atoms with E-state index in [0.717, 1.165) is 12.1 Å². The van der Waals surface area contributed by atoms with E-state index in [-0.39, 0.29) is 17.2 Å². The van der Waals surface area contributed by atoms with Gasteiger partial charge in [-0.2, -0.15) is 0 Å². The number of aliphatic hydroxyl groups excluding tert-OH is 1. The fourth-order valence-electron chi connectivity index (χ4n) is 2.05. The molecule has 1 N–H and O–H groups in total. The zero-order valence-corrected chi connectivity index (χ0v) is 12.0. The highest BCUT2D eigenvalue weighted by Crippen LogP contribution is 2.28. The average molecular weight is 338 g/mol. The summed E-state index contributed by atoms with van der Waals surface area (Å²) in [5.41, 5.74) is 0.106. The number of fused-ring (bicyclic) bond motifs is 1. The van der Waals surface area contributed by atoms with E-state index in [0.29, 0.717) is 17.0 Å². The van der Waals surface area contributed by atoms with Crippen LogP contribution in [0.3, 0.4) is 0 Å². The van der Waals surface area contributed by atoms with Crippen LogP contribution >= 0.6 is 0 Å². The molecule has 0 spiro atoms. The van der Waals surface area contributed by atoms with Gasteiger partial charge in [0, 0.05) is 17.6 Å². The first-order valence-corrected chi connectivity index (χ1v) is 6.79. The lowest BCUT2D eigenvalue weighted by molar-refractivity contribution is -0.00811. The molecule has 0 fully saturated rings. The standard InChI is InChI=1S/C16H10F4N2O2/c17-9-1-2-14(11(18)4-9)24-10-3-8-6-21-13(15(23)16(19)20)5-12(8)22-7-10/h1-7,15-16,23H. The van der Waals surface area contributed by atoms with Gasteiger partial charge in [-0.05, 0) is 24.3 Å². The van der Waals surface area contributed by atoms with Crippen molar-refractivity contribution < 1.29 is 27.4 Å². The summed E-state index contributed by atoms with van der Waals surface area (Å²) in [6.07, 6.45) is -2.46. The molecule has 124 valence electrons. The van der Waals surface area contributed by atoms with Crippen LogP contribution < -0.4 is 4.74 Å². The van der Waals surface area contributed by atoms with Gasteiger partial charge in [-0.15, -0.1) is 0 Å². The van der Waals surface area contributed by atoms with E-state index in [9.17, 15) is 22.7 Å². The third kappa shape index (κ3) is 3.28.